The summed E-state index contributed by atoms with van der Waals surface area (Å²) in [7, 11) is 0. The highest BCUT2D eigenvalue weighted by Crippen LogP contribution is 2.21. The Morgan fingerprint density at radius 3 is 0.906 bits per heavy atom. The fraction of sp³-hybridized carbons (Fsp3) is 0.878. The number of nitrogens with one attached hydrogen (secondary N) is 2. The molecule has 4 heteroatoms. The van der Waals surface area contributed by atoms with Crippen molar-refractivity contribution in [2.24, 2.45) is 0 Å². The lowest BCUT2D eigenvalue weighted by atomic mass is 10.0. The molecule has 0 saturated heterocycles. The molecule has 0 spiro atoms. The van der Waals surface area contributed by atoms with Gasteiger partial charge >= 0.3 is 0 Å². The van der Waals surface area contributed by atoms with Crippen LogP contribution in [0.15, 0.2) is 24.3 Å². The highest BCUT2D eigenvalue weighted by molar-refractivity contribution is 5.78. The molecule has 4 nitrogen and oxygen atoms in total. The van der Waals surface area contributed by atoms with Crippen LogP contribution in [0.1, 0.15) is 264 Å². The van der Waals surface area contributed by atoms with E-state index in [0.717, 1.165) is 44.9 Å². The molecule has 0 heterocycles. The number of carbonyl (C=O) groups excluding carboxylic acids is 2. The smallest absolute Gasteiger partial charge is 0.220 e. The summed E-state index contributed by atoms with van der Waals surface area (Å²) >= 11 is 0. The Morgan fingerprint density at radius 1 is 0.377 bits per heavy atom. The molecular formula is C49H92N2O2. The van der Waals surface area contributed by atoms with Crippen LogP contribution >= 0.6 is 0 Å². The topological polar surface area (TPSA) is 58.2 Å². The lowest BCUT2D eigenvalue weighted by molar-refractivity contribution is -0.124. The standard InChI is InChI=1S/C49H92N2O2/c1-3-5-7-9-11-13-15-17-19-21-23-25-27-29-31-33-35-37-39-44-48(52)50-46-42-41-43-47(46)51-49(53)45-40-38-36-34-32-30-28-26-24-22-20-18-16-14-12-10-8-6-4-2/h17-20,46-47H,3-16,21-45H2,1-2H3,(H,50,52)(H,51,53)/b19-17+,20-18+/t46-,47+. The summed E-state index contributed by atoms with van der Waals surface area (Å²) in [5.41, 5.74) is 0. The van der Waals surface area contributed by atoms with E-state index >= 15 is 0 Å². The van der Waals surface area contributed by atoms with Gasteiger partial charge in [-0.15, -0.1) is 0 Å². The van der Waals surface area contributed by atoms with Crippen molar-refractivity contribution >= 4 is 11.8 Å². The molecule has 0 aliphatic heterocycles. The molecule has 1 saturated carbocycles. The molecule has 0 aromatic heterocycles. The number of hydrogen-bond acceptors (Lipinski definition) is 2. The van der Waals surface area contributed by atoms with E-state index in [4.69, 9.17) is 0 Å². The first-order valence-corrected chi connectivity index (χ1v) is 24.1. The molecule has 1 fully saturated rings. The van der Waals surface area contributed by atoms with Gasteiger partial charge in [0.05, 0.1) is 0 Å². The Balaban J connectivity index is 1.88. The molecule has 0 aromatic rings. The molecule has 2 N–H and O–H groups in total. The van der Waals surface area contributed by atoms with Gasteiger partial charge in [-0.1, -0.05) is 192 Å². The van der Waals surface area contributed by atoms with Gasteiger partial charge in [-0.25, -0.2) is 0 Å². The van der Waals surface area contributed by atoms with Gasteiger partial charge in [-0.05, 0) is 83.5 Å². The highest BCUT2D eigenvalue weighted by Gasteiger charge is 2.29. The zero-order valence-corrected chi connectivity index (χ0v) is 35.9. The van der Waals surface area contributed by atoms with Crippen molar-refractivity contribution in [3.05, 3.63) is 24.3 Å². The van der Waals surface area contributed by atoms with E-state index in [1.165, 1.54) is 193 Å². The molecule has 0 radical (unpaired) electrons. The zero-order valence-electron chi connectivity index (χ0n) is 35.9. The van der Waals surface area contributed by atoms with Gasteiger partial charge in [0.2, 0.25) is 11.8 Å². The molecular weight excluding hydrogens is 649 g/mol. The first-order valence-electron chi connectivity index (χ1n) is 24.1. The van der Waals surface area contributed by atoms with Gasteiger partial charge in [-0.3, -0.25) is 9.59 Å². The maximum absolute atomic E-state index is 12.6. The first-order chi connectivity index (χ1) is 26.2. The second-order valence-electron chi connectivity index (χ2n) is 16.8. The second kappa shape index (κ2) is 40.1. The minimum absolute atomic E-state index is 0.114. The predicted octanol–water partition coefficient (Wildman–Crippen LogP) is 15.3. The monoisotopic (exact) mass is 741 g/mol. The van der Waals surface area contributed by atoms with Gasteiger partial charge in [0, 0.05) is 24.9 Å². The van der Waals surface area contributed by atoms with Crippen LogP contribution in [0.3, 0.4) is 0 Å². The average Bonchev–Trinajstić information content (AvgIpc) is 3.58. The van der Waals surface area contributed by atoms with Crippen LogP contribution < -0.4 is 10.6 Å². The maximum atomic E-state index is 12.6. The molecule has 1 aliphatic carbocycles. The van der Waals surface area contributed by atoms with Crippen LogP contribution in [0.25, 0.3) is 0 Å². The van der Waals surface area contributed by atoms with Crippen molar-refractivity contribution in [2.75, 3.05) is 0 Å². The molecule has 310 valence electrons. The van der Waals surface area contributed by atoms with Crippen molar-refractivity contribution < 1.29 is 9.59 Å². The lowest BCUT2D eigenvalue weighted by Crippen LogP contribution is -2.48. The maximum Gasteiger partial charge on any atom is 0.220 e. The molecule has 2 amide bonds. The fourth-order valence-electron chi connectivity index (χ4n) is 7.99. The number of unbranched alkanes of at least 4 members (excludes halogenated alkanes) is 30. The lowest BCUT2D eigenvalue weighted by Gasteiger charge is -2.22. The van der Waals surface area contributed by atoms with Gasteiger partial charge in [0.15, 0.2) is 0 Å². The van der Waals surface area contributed by atoms with E-state index in [1.54, 1.807) is 0 Å². The fourth-order valence-corrected chi connectivity index (χ4v) is 7.99. The predicted molar refractivity (Wildman–Crippen MR) is 234 cm³/mol. The van der Waals surface area contributed by atoms with Crippen molar-refractivity contribution in [3.63, 3.8) is 0 Å². The summed E-state index contributed by atoms with van der Waals surface area (Å²) in [5, 5.41) is 6.52. The van der Waals surface area contributed by atoms with E-state index in [2.05, 4.69) is 48.8 Å². The van der Waals surface area contributed by atoms with Crippen LogP contribution in [0.4, 0.5) is 0 Å². The van der Waals surface area contributed by atoms with Crippen molar-refractivity contribution in [3.8, 4) is 0 Å². The second-order valence-corrected chi connectivity index (χ2v) is 16.8. The normalized spacial score (nSPS) is 16.0. The Hall–Kier alpha value is -1.58. The summed E-state index contributed by atoms with van der Waals surface area (Å²) in [6, 6.07) is 0.228. The van der Waals surface area contributed by atoms with Gasteiger partial charge in [-0.2, -0.15) is 0 Å². The SMILES string of the molecule is CCCCCCCC/C=C/CCCCCCCCCCCC(=O)N[C@H]1CCC[C@H]1NC(=O)CCCCCCCCCCC/C=C/CCCCCCCC. The van der Waals surface area contributed by atoms with Gasteiger partial charge in [0.1, 0.15) is 0 Å². The van der Waals surface area contributed by atoms with Crippen LogP contribution in [-0.4, -0.2) is 23.9 Å². The van der Waals surface area contributed by atoms with Crippen molar-refractivity contribution in [2.45, 2.75) is 276 Å². The Labute approximate surface area is 331 Å². The summed E-state index contributed by atoms with van der Waals surface area (Å²) < 4.78 is 0. The van der Waals surface area contributed by atoms with Crippen LogP contribution in [0, 0.1) is 0 Å². The number of amides is 2. The molecule has 0 bridgehead atoms. The Bertz CT molecular complexity index is 783. The number of hydrogen-bond donors (Lipinski definition) is 2. The summed E-state index contributed by atoms with van der Waals surface area (Å²) in [4.78, 5) is 25.3. The minimum Gasteiger partial charge on any atom is -0.351 e. The Morgan fingerprint density at radius 2 is 0.623 bits per heavy atom. The highest BCUT2D eigenvalue weighted by atomic mass is 16.2. The third-order valence-electron chi connectivity index (χ3n) is 11.5. The number of carbonyl (C=O) groups is 2. The van der Waals surface area contributed by atoms with Crippen LogP contribution in [-0.2, 0) is 9.59 Å². The average molecular weight is 741 g/mol. The van der Waals surface area contributed by atoms with E-state index in [9.17, 15) is 9.59 Å². The Kier molecular flexibility index (Phi) is 37.4. The zero-order chi connectivity index (χ0) is 38.1. The number of rotatable bonds is 40. The van der Waals surface area contributed by atoms with E-state index in [0.29, 0.717) is 12.8 Å². The molecule has 1 aliphatic rings. The minimum atomic E-state index is 0.114. The molecule has 0 aromatic carbocycles. The third kappa shape index (κ3) is 34.6. The molecule has 0 unspecified atom stereocenters. The van der Waals surface area contributed by atoms with Crippen LogP contribution in [0.5, 0.6) is 0 Å². The third-order valence-corrected chi connectivity index (χ3v) is 11.5. The number of allylic oxidation sites excluding steroid dienone is 4. The quantitative estimate of drug-likeness (QED) is 0.0485. The first kappa shape index (κ1) is 49.4. The van der Waals surface area contributed by atoms with Crippen LogP contribution in [0.2, 0.25) is 0 Å². The summed E-state index contributed by atoms with van der Waals surface area (Å²) in [5.74, 6) is 0.348. The summed E-state index contributed by atoms with van der Waals surface area (Å²) in [6.07, 6.45) is 58.6. The van der Waals surface area contributed by atoms with Crippen molar-refractivity contribution in [1.29, 1.82) is 0 Å². The molecule has 1 rings (SSSR count). The van der Waals surface area contributed by atoms with E-state index in [-0.39, 0.29) is 23.9 Å². The van der Waals surface area contributed by atoms with Gasteiger partial charge < -0.3 is 10.6 Å². The van der Waals surface area contributed by atoms with E-state index in [1.807, 2.05) is 0 Å². The molecule has 2 atom stereocenters. The molecule has 53 heavy (non-hydrogen) atoms. The largest absolute Gasteiger partial charge is 0.351 e. The van der Waals surface area contributed by atoms with Gasteiger partial charge in [0.25, 0.3) is 0 Å². The summed E-state index contributed by atoms with van der Waals surface area (Å²) in [6.45, 7) is 4.57. The van der Waals surface area contributed by atoms with Crippen molar-refractivity contribution in [1.82, 2.24) is 10.6 Å². The van der Waals surface area contributed by atoms with E-state index < -0.39 is 0 Å².